The second-order valence-electron chi connectivity index (χ2n) is 10.9. The van der Waals surface area contributed by atoms with Gasteiger partial charge in [-0.2, -0.15) is 0 Å². The van der Waals surface area contributed by atoms with Crippen LogP contribution in [-0.4, -0.2) is 52.2 Å². The van der Waals surface area contributed by atoms with Gasteiger partial charge in [-0.05, 0) is 62.0 Å². The number of piperidine rings is 1. The zero-order valence-corrected chi connectivity index (χ0v) is 15.9. The number of hydrogen-bond donors (Lipinski definition) is 2. The van der Waals surface area contributed by atoms with Crippen molar-refractivity contribution in [1.82, 2.24) is 4.90 Å². The summed E-state index contributed by atoms with van der Waals surface area (Å²) < 4.78 is 6.78. The molecule has 0 amide bonds. The molecule has 0 aromatic heterocycles. The Labute approximate surface area is 155 Å². The van der Waals surface area contributed by atoms with Crippen LogP contribution in [-0.2, 0) is 4.74 Å². The molecule has 9 bridgehead atoms. The maximum absolute atomic E-state index is 11.4. The van der Waals surface area contributed by atoms with Crippen molar-refractivity contribution >= 4 is 0 Å². The number of nitrogens with zero attached hydrogens (tertiary/aromatic N) is 1. The summed E-state index contributed by atoms with van der Waals surface area (Å²) in [5.74, 6) is 1.77. The van der Waals surface area contributed by atoms with Gasteiger partial charge >= 0.3 is 0 Å². The van der Waals surface area contributed by atoms with Gasteiger partial charge in [0.2, 0.25) is 0 Å². The normalized spacial score (nSPS) is 69.5. The molecule has 9 aliphatic rings. The number of rotatable bonds is 1. The number of aliphatic hydroxyl groups excluding tert-OH is 2. The second-order valence-corrected chi connectivity index (χ2v) is 10.9. The van der Waals surface area contributed by atoms with Crippen molar-refractivity contribution in [2.75, 3.05) is 6.54 Å². The smallest absolute Gasteiger partial charge is 0.116 e. The lowest BCUT2D eigenvalue weighted by Crippen LogP contribution is -2.78. The van der Waals surface area contributed by atoms with E-state index in [4.69, 9.17) is 4.74 Å². The van der Waals surface area contributed by atoms with Crippen LogP contribution in [0.5, 0.6) is 0 Å². The largest absolute Gasteiger partial charge is 0.392 e. The van der Waals surface area contributed by atoms with Gasteiger partial charge in [-0.25, -0.2) is 0 Å². The molecule has 4 saturated heterocycles. The molecule has 142 valence electrons. The fourth-order valence-corrected chi connectivity index (χ4v) is 10.5. The van der Waals surface area contributed by atoms with Crippen molar-refractivity contribution < 1.29 is 14.9 Å². The summed E-state index contributed by atoms with van der Waals surface area (Å²) in [6, 6.07) is 0.547. The van der Waals surface area contributed by atoms with Crippen LogP contribution in [0.15, 0.2) is 12.2 Å². The highest BCUT2D eigenvalue weighted by Gasteiger charge is 2.88. The van der Waals surface area contributed by atoms with E-state index >= 15 is 0 Å². The molecule has 26 heavy (non-hydrogen) atoms. The van der Waals surface area contributed by atoms with Crippen LogP contribution in [0.25, 0.3) is 0 Å². The summed E-state index contributed by atoms with van der Waals surface area (Å²) in [5.41, 5.74) is 1.28. The average Bonchev–Trinajstić information content (AvgIpc) is 3.17. The van der Waals surface area contributed by atoms with Crippen molar-refractivity contribution in [1.29, 1.82) is 0 Å². The van der Waals surface area contributed by atoms with Gasteiger partial charge in [-0.1, -0.05) is 20.4 Å². The molecule has 2 N–H and O–H groups in total. The summed E-state index contributed by atoms with van der Waals surface area (Å²) in [5, 5.41) is 22.4. The Hall–Kier alpha value is -0.420. The van der Waals surface area contributed by atoms with E-state index in [0.29, 0.717) is 29.9 Å². The van der Waals surface area contributed by atoms with Gasteiger partial charge in [0.05, 0.1) is 18.3 Å². The first-order valence-electron chi connectivity index (χ1n) is 10.9. The van der Waals surface area contributed by atoms with Gasteiger partial charge in [0.15, 0.2) is 0 Å². The zero-order valence-electron chi connectivity index (χ0n) is 15.9. The fourth-order valence-electron chi connectivity index (χ4n) is 10.5. The van der Waals surface area contributed by atoms with Gasteiger partial charge in [0.1, 0.15) is 6.23 Å². The van der Waals surface area contributed by atoms with Gasteiger partial charge in [0, 0.05) is 28.2 Å². The summed E-state index contributed by atoms with van der Waals surface area (Å²) in [6.07, 6.45) is 5.38. The molecular formula is C22H31NO3. The lowest BCUT2D eigenvalue weighted by molar-refractivity contribution is -0.372. The Morgan fingerprint density at radius 2 is 2.08 bits per heavy atom. The Balaban J connectivity index is 1.51. The summed E-state index contributed by atoms with van der Waals surface area (Å²) in [6.45, 7) is 10.1. The molecule has 9 fully saturated rings. The van der Waals surface area contributed by atoms with Crippen molar-refractivity contribution in [3.05, 3.63) is 12.2 Å². The number of aliphatic hydroxyl groups is 2. The average molecular weight is 357 g/mol. The van der Waals surface area contributed by atoms with E-state index in [1.54, 1.807) is 0 Å². The van der Waals surface area contributed by atoms with Crippen LogP contribution in [0, 0.1) is 39.9 Å². The maximum atomic E-state index is 11.4. The highest BCUT2D eigenvalue weighted by molar-refractivity contribution is 5.40. The molecular weight excluding hydrogens is 326 g/mol. The SMILES string of the molecule is C=C1[C@H]2C[C@@]3([C@@H]1O)[C@@H](C[C@H]2O)[C@@]12[C@@H]4CC[C@@]5(C)[C@H](O4)N(CC)[C@@H]1[C@@H]3C[C@H]52. The molecule has 0 aromatic rings. The molecule has 4 heteroatoms. The summed E-state index contributed by atoms with van der Waals surface area (Å²) >= 11 is 0. The minimum Gasteiger partial charge on any atom is -0.392 e. The second kappa shape index (κ2) is 4.12. The molecule has 4 nitrogen and oxygen atoms in total. The maximum Gasteiger partial charge on any atom is 0.116 e. The monoisotopic (exact) mass is 357 g/mol. The number of fused-ring (bicyclic) bond motifs is 2. The Morgan fingerprint density at radius 3 is 2.85 bits per heavy atom. The number of hydrogen-bond acceptors (Lipinski definition) is 4. The predicted octanol–water partition coefficient (Wildman–Crippen LogP) is 2.16. The lowest BCUT2D eigenvalue weighted by Gasteiger charge is -2.73. The van der Waals surface area contributed by atoms with E-state index < -0.39 is 6.10 Å². The molecule has 0 aromatic carbocycles. The summed E-state index contributed by atoms with van der Waals surface area (Å²) in [4.78, 5) is 2.69. The zero-order chi connectivity index (χ0) is 17.8. The molecule has 2 spiro atoms. The third kappa shape index (κ3) is 1.14. The highest BCUT2D eigenvalue weighted by atomic mass is 16.5. The van der Waals surface area contributed by atoms with Crippen LogP contribution >= 0.6 is 0 Å². The molecule has 9 rings (SSSR count). The van der Waals surface area contributed by atoms with Crippen molar-refractivity contribution in [2.24, 2.45) is 39.9 Å². The highest BCUT2D eigenvalue weighted by Crippen LogP contribution is 2.86. The minimum absolute atomic E-state index is 0.0470. The van der Waals surface area contributed by atoms with Gasteiger partial charge in [0.25, 0.3) is 0 Å². The summed E-state index contributed by atoms with van der Waals surface area (Å²) in [7, 11) is 0. The lowest BCUT2D eigenvalue weighted by atomic mass is 9.41. The van der Waals surface area contributed by atoms with Gasteiger partial charge in [-0.15, -0.1) is 0 Å². The Bertz CT molecular complexity index is 739. The Kier molecular flexibility index (Phi) is 2.46. The van der Waals surface area contributed by atoms with Crippen LogP contribution in [0.1, 0.15) is 46.0 Å². The Morgan fingerprint density at radius 1 is 1.27 bits per heavy atom. The molecule has 5 saturated carbocycles. The van der Waals surface area contributed by atoms with Crippen molar-refractivity contribution in [3.8, 4) is 0 Å². The molecule has 4 aliphatic heterocycles. The molecule has 0 unspecified atom stereocenters. The van der Waals surface area contributed by atoms with E-state index in [-0.39, 0.29) is 34.5 Å². The van der Waals surface area contributed by atoms with E-state index in [1.807, 2.05) is 0 Å². The first kappa shape index (κ1) is 15.5. The standard InChI is InChI=1S/C22H31NO3/c1-4-23-17-12-7-14-20(3)6-5-16(26-19(20)23)22(14,17)15-8-13(24)11-9-21(12,15)18(25)10(11)2/h11-19,24-25H,2,4-9H2,1,3H3/t11-,12+,13-,14-,15-,16+,17-,18-,19+,20-,21+,22+/m1/s1. The third-order valence-corrected chi connectivity index (χ3v) is 11.0. The van der Waals surface area contributed by atoms with Gasteiger partial charge < -0.3 is 14.9 Å². The van der Waals surface area contributed by atoms with E-state index in [2.05, 4.69) is 25.3 Å². The van der Waals surface area contributed by atoms with Crippen LogP contribution < -0.4 is 0 Å². The topological polar surface area (TPSA) is 52.9 Å². The third-order valence-electron chi connectivity index (χ3n) is 11.0. The molecule has 12 atom stereocenters. The van der Waals surface area contributed by atoms with Crippen molar-refractivity contribution in [3.63, 3.8) is 0 Å². The van der Waals surface area contributed by atoms with E-state index in [9.17, 15) is 10.2 Å². The molecule has 4 heterocycles. The minimum atomic E-state index is -0.426. The number of ether oxygens (including phenoxy) is 1. The molecule has 5 aliphatic carbocycles. The fraction of sp³-hybridized carbons (Fsp3) is 0.909. The van der Waals surface area contributed by atoms with Crippen molar-refractivity contribution in [2.45, 2.75) is 76.5 Å². The predicted molar refractivity (Wildman–Crippen MR) is 96.0 cm³/mol. The van der Waals surface area contributed by atoms with Crippen LogP contribution in [0.4, 0.5) is 0 Å². The quantitative estimate of drug-likeness (QED) is 0.706. The molecule has 0 radical (unpaired) electrons. The van der Waals surface area contributed by atoms with Crippen LogP contribution in [0.2, 0.25) is 0 Å². The van der Waals surface area contributed by atoms with Gasteiger partial charge in [-0.3, -0.25) is 4.90 Å². The first-order valence-corrected chi connectivity index (χ1v) is 10.9. The van der Waals surface area contributed by atoms with E-state index in [1.165, 1.54) is 19.3 Å². The first-order chi connectivity index (χ1) is 12.4. The van der Waals surface area contributed by atoms with E-state index in [0.717, 1.165) is 25.0 Å². The van der Waals surface area contributed by atoms with Crippen LogP contribution in [0.3, 0.4) is 0 Å².